The van der Waals surface area contributed by atoms with Crippen LogP contribution in [0.1, 0.15) is 50.3 Å². The van der Waals surface area contributed by atoms with Crippen LogP contribution in [0.25, 0.3) is 0 Å². The minimum absolute atomic E-state index is 0.205. The van der Waals surface area contributed by atoms with Gasteiger partial charge in [0.25, 0.3) is 0 Å². The van der Waals surface area contributed by atoms with E-state index in [4.69, 9.17) is 4.42 Å². The lowest BCUT2D eigenvalue weighted by Crippen LogP contribution is -2.38. The smallest absolute Gasteiger partial charge is 0.238 e. The van der Waals surface area contributed by atoms with E-state index in [1.807, 2.05) is 13.8 Å². The van der Waals surface area contributed by atoms with Crippen LogP contribution in [0.15, 0.2) is 28.7 Å². The fourth-order valence-corrected chi connectivity index (χ4v) is 2.94. The van der Waals surface area contributed by atoms with Crippen molar-refractivity contribution in [2.45, 2.75) is 38.5 Å². The molecule has 0 spiro atoms. The van der Waals surface area contributed by atoms with Crippen molar-refractivity contribution in [2.75, 3.05) is 25.0 Å². The summed E-state index contributed by atoms with van der Waals surface area (Å²) in [5.74, 6) is 1.20. The van der Waals surface area contributed by atoms with Gasteiger partial charge in [-0.3, -0.25) is 9.69 Å². The fraction of sp³-hybridized carbons (Fsp3) is 0.500. The van der Waals surface area contributed by atoms with E-state index >= 15 is 0 Å². The van der Waals surface area contributed by atoms with Crippen LogP contribution in [0.3, 0.4) is 0 Å². The number of aromatic nitrogens is 2. The maximum Gasteiger partial charge on any atom is 0.238 e. The third kappa shape index (κ3) is 4.42. The molecule has 1 saturated heterocycles. The van der Waals surface area contributed by atoms with Crippen molar-refractivity contribution in [3.05, 3.63) is 41.9 Å². The molecule has 2 aromatic rings. The van der Waals surface area contributed by atoms with Gasteiger partial charge in [-0.25, -0.2) is 4.39 Å². The Bertz CT molecular complexity index is 723. The molecule has 1 fully saturated rings. The number of amides is 1. The molecule has 0 saturated carbocycles. The van der Waals surface area contributed by atoms with Gasteiger partial charge < -0.3 is 9.73 Å². The summed E-state index contributed by atoms with van der Waals surface area (Å²) < 4.78 is 19.3. The Labute approximate surface area is 146 Å². The van der Waals surface area contributed by atoms with Gasteiger partial charge in [-0.2, -0.15) is 0 Å². The summed E-state index contributed by atoms with van der Waals surface area (Å²) in [6.07, 6.45) is 1.74. The summed E-state index contributed by atoms with van der Waals surface area (Å²) in [6.45, 7) is 5.84. The van der Waals surface area contributed by atoms with Gasteiger partial charge in [-0.1, -0.05) is 26.0 Å². The van der Waals surface area contributed by atoms with Gasteiger partial charge in [0, 0.05) is 11.8 Å². The van der Waals surface area contributed by atoms with Crippen LogP contribution in [0, 0.1) is 5.82 Å². The van der Waals surface area contributed by atoms with Crippen molar-refractivity contribution in [3.63, 3.8) is 0 Å². The van der Waals surface area contributed by atoms with Gasteiger partial charge in [-0.05, 0) is 38.1 Å². The molecule has 3 rings (SSSR count). The molecule has 0 unspecified atom stereocenters. The predicted molar refractivity (Wildman–Crippen MR) is 91.8 cm³/mol. The van der Waals surface area contributed by atoms with Crippen LogP contribution in [-0.2, 0) is 4.79 Å². The highest BCUT2D eigenvalue weighted by Crippen LogP contribution is 2.28. The first-order valence-corrected chi connectivity index (χ1v) is 8.63. The number of carbonyl (C=O) groups excluding carboxylic acids is 1. The Morgan fingerprint density at radius 1 is 1.32 bits per heavy atom. The number of piperidine rings is 1. The number of halogens is 1. The number of rotatable bonds is 5. The van der Waals surface area contributed by atoms with E-state index in [1.165, 1.54) is 6.07 Å². The zero-order chi connectivity index (χ0) is 17.8. The van der Waals surface area contributed by atoms with E-state index < -0.39 is 5.82 Å². The topological polar surface area (TPSA) is 71.3 Å². The summed E-state index contributed by atoms with van der Waals surface area (Å²) in [5, 5.41) is 10.9. The third-order valence-electron chi connectivity index (χ3n) is 4.40. The largest absolute Gasteiger partial charge is 0.425 e. The number of carbonyl (C=O) groups is 1. The summed E-state index contributed by atoms with van der Waals surface area (Å²) in [5.41, 5.74) is 0.217. The molecule has 6 nitrogen and oxygen atoms in total. The fourth-order valence-electron chi connectivity index (χ4n) is 2.94. The van der Waals surface area contributed by atoms with Gasteiger partial charge in [0.2, 0.25) is 17.7 Å². The molecular formula is C18H23FN4O2. The molecule has 0 radical (unpaired) electrons. The first-order chi connectivity index (χ1) is 12.0. The molecule has 0 atom stereocenters. The van der Waals surface area contributed by atoms with Crippen molar-refractivity contribution in [1.82, 2.24) is 15.1 Å². The standard InChI is InChI=1S/C18H23FN4O2/c1-12(2)17-21-22-18(25-17)13-7-9-23(10-8-13)11-16(24)20-15-6-4-3-5-14(15)19/h3-6,12-13H,7-11H2,1-2H3,(H,20,24). The normalized spacial score (nSPS) is 16.3. The van der Waals surface area contributed by atoms with Crippen LogP contribution >= 0.6 is 0 Å². The Morgan fingerprint density at radius 2 is 2.04 bits per heavy atom. The number of nitrogens with one attached hydrogen (secondary N) is 1. The number of benzene rings is 1. The molecular weight excluding hydrogens is 323 g/mol. The maximum atomic E-state index is 13.6. The van der Waals surface area contributed by atoms with Crippen molar-refractivity contribution in [2.24, 2.45) is 0 Å². The zero-order valence-electron chi connectivity index (χ0n) is 14.5. The number of nitrogens with zero attached hydrogens (tertiary/aromatic N) is 3. The van der Waals surface area contributed by atoms with Crippen LogP contribution in [0.2, 0.25) is 0 Å². The van der Waals surface area contributed by atoms with Crippen LogP contribution < -0.4 is 5.32 Å². The van der Waals surface area contributed by atoms with Crippen LogP contribution in [0.5, 0.6) is 0 Å². The van der Waals surface area contributed by atoms with Crippen LogP contribution in [-0.4, -0.2) is 40.6 Å². The monoisotopic (exact) mass is 346 g/mol. The quantitative estimate of drug-likeness (QED) is 0.900. The van der Waals surface area contributed by atoms with E-state index in [-0.39, 0.29) is 30.0 Å². The number of likely N-dealkylation sites (tertiary alicyclic amines) is 1. The second kappa shape index (κ2) is 7.74. The zero-order valence-corrected chi connectivity index (χ0v) is 14.5. The lowest BCUT2D eigenvalue weighted by molar-refractivity contribution is -0.117. The predicted octanol–water partition coefficient (Wildman–Crippen LogP) is 3.15. The van der Waals surface area contributed by atoms with Gasteiger partial charge in [-0.15, -0.1) is 10.2 Å². The molecule has 1 aliphatic rings. The second-order valence-corrected chi connectivity index (χ2v) is 6.71. The number of hydrogen-bond donors (Lipinski definition) is 1. The molecule has 25 heavy (non-hydrogen) atoms. The number of hydrogen-bond acceptors (Lipinski definition) is 5. The van der Waals surface area contributed by atoms with Gasteiger partial charge in [0.05, 0.1) is 12.2 Å². The molecule has 1 aromatic heterocycles. The Hall–Kier alpha value is -2.28. The minimum Gasteiger partial charge on any atom is -0.425 e. The van der Waals surface area contributed by atoms with E-state index in [0.29, 0.717) is 11.8 Å². The lowest BCUT2D eigenvalue weighted by atomic mass is 9.97. The summed E-state index contributed by atoms with van der Waals surface area (Å²) in [4.78, 5) is 14.2. The number of anilines is 1. The first kappa shape index (κ1) is 17.5. The van der Waals surface area contributed by atoms with E-state index in [1.54, 1.807) is 18.2 Å². The van der Waals surface area contributed by atoms with Crippen molar-refractivity contribution in [1.29, 1.82) is 0 Å². The summed E-state index contributed by atoms with van der Waals surface area (Å²) in [7, 11) is 0. The number of para-hydroxylation sites is 1. The highest BCUT2D eigenvalue weighted by molar-refractivity contribution is 5.92. The maximum absolute atomic E-state index is 13.6. The molecule has 2 heterocycles. The highest BCUT2D eigenvalue weighted by Gasteiger charge is 2.26. The summed E-state index contributed by atoms with van der Waals surface area (Å²) >= 11 is 0. The van der Waals surface area contributed by atoms with Gasteiger partial charge in [0.1, 0.15) is 5.82 Å². The van der Waals surface area contributed by atoms with Gasteiger partial charge in [0.15, 0.2) is 0 Å². The van der Waals surface area contributed by atoms with Crippen molar-refractivity contribution >= 4 is 11.6 Å². The molecule has 1 amide bonds. The highest BCUT2D eigenvalue weighted by atomic mass is 19.1. The van der Waals surface area contributed by atoms with E-state index in [0.717, 1.165) is 25.9 Å². The molecule has 1 N–H and O–H groups in total. The average molecular weight is 346 g/mol. The third-order valence-corrected chi connectivity index (χ3v) is 4.40. The van der Waals surface area contributed by atoms with Crippen LogP contribution in [0.4, 0.5) is 10.1 Å². The molecule has 7 heteroatoms. The first-order valence-electron chi connectivity index (χ1n) is 8.63. The average Bonchev–Trinajstić information content (AvgIpc) is 3.08. The molecule has 134 valence electrons. The Kier molecular flexibility index (Phi) is 5.43. The Morgan fingerprint density at radius 3 is 2.68 bits per heavy atom. The minimum atomic E-state index is -0.424. The summed E-state index contributed by atoms with van der Waals surface area (Å²) in [6, 6.07) is 6.18. The van der Waals surface area contributed by atoms with Gasteiger partial charge >= 0.3 is 0 Å². The molecule has 0 aliphatic carbocycles. The van der Waals surface area contributed by atoms with Crippen molar-refractivity contribution in [3.8, 4) is 0 Å². The van der Waals surface area contributed by atoms with E-state index in [9.17, 15) is 9.18 Å². The molecule has 1 aromatic carbocycles. The van der Waals surface area contributed by atoms with Crippen molar-refractivity contribution < 1.29 is 13.6 Å². The molecule has 1 aliphatic heterocycles. The lowest BCUT2D eigenvalue weighted by Gasteiger charge is -2.29. The second-order valence-electron chi connectivity index (χ2n) is 6.71. The molecule has 0 bridgehead atoms. The SMILES string of the molecule is CC(C)c1nnc(C2CCN(CC(=O)Nc3ccccc3F)CC2)o1. The van der Waals surface area contributed by atoms with E-state index in [2.05, 4.69) is 20.4 Å². The Balaban J connectivity index is 1.49.